The Morgan fingerprint density at radius 2 is 1.73 bits per heavy atom. The highest BCUT2D eigenvalue weighted by molar-refractivity contribution is 5.29. The van der Waals surface area contributed by atoms with E-state index in [0.717, 1.165) is 6.42 Å². The maximum Gasteiger partial charge on any atom is -0.0132 e. The summed E-state index contributed by atoms with van der Waals surface area (Å²) in [5, 5.41) is 0. The summed E-state index contributed by atoms with van der Waals surface area (Å²) >= 11 is 0. The average Bonchev–Trinajstić information content (AvgIpc) is 2.17. The third-order valence-electron chi connectivity index (χ3n) is 2.87. The summed E-state index contributed by atoms with van der Waals surface area (Å²) in [6.45, 7) is 12.8. The van der Waals surface area contributed by atoms with Crippen LogP contribution < -0.4 is 0 Å². The fraction of sp³-hybridized carbons (Fsp3) is 0.467. The molecule has 1 atom stereocenters. The second kappa shape index (κ2) is 4.65. The SMILES string of the molecule is C=CCC(C)c1ccc(C(C)(C)C)cc1. The van der Waals surface area contributed by atoms with Crippen LogP contribution in [-0.4, -0.2) is 0 Å². The number of hydrogen-bond donors (Lipinski definition) is 0. The molecule has 1 aromatic rings. The fourth-order valence-corrected chi connectivity index (χ4v) is 1.70. The smallest absolute Gasteiger partial charge is 0.0132 e. The van der Waals surface area contributed by atoms with Crippen LogP contribution in [0, 0.1) is 0 Å². The van der Waals surface area contributed by atoms with E-state index in [9.17, 15) is 0 Å². The van der Waals surface area contributed by atoms with Gasteiger partial charge in [-0.3, -0.25) is 0 Å². The Morgan fingerprint density at radius 1 is 1.20 bits per heavy atom. The molecule has 82 valence electrons. The van der Waals surface area contributed by atoms with Crippen LogP contribution >= 0.6 is 0 Å². The Morgan fingerprint density at radius 3 is 2.13 bits per heavy atom. The molecule has 0 nitrogen and oxygen atoms in total. The molecule has 1 unspecified atom stereocenters. The molecule has 15 heavy (non-hydrogen) atoms. The number of allylic oxidation sites excluding steroid dienone is 1. The molecule has 0 spiro atoms. The van der Waals surface area contributed by atoms with Gasteiger partial charge in [0.2, 0.25) is 0 Å². The second-order valence-corrected chi connectivity index (χ2v) is 5.30. The summed E-state index contributed by atoms with van der Waals surface area (Å²) in [6, 6.07) is 8.98. The van der Waals surface area contributed by atoms with Crippen molar-refractivity contribution in [2.45, 2.75) is 45.4 Å². The van der Waals surface area contributed by atoms with E-state index in [0.29, 0.717) is 5.92 Å². The molecular formula is C15H22. The van der Waals surface area contributed by atoms with Crippen molar-refractivity contribution < 1.29 is 0 Å². The zero-order valence-electron chi connectivity index (χ0n) is 10.4. The molecule has 0 aliphatic heterocycles. The lowest BCUT2D eigenvalue weighted by atomic mass is 9.85. The molecule has 0 N–H and O–H groups in total. The molecule has 0 amide bonds. The van der Waals surface area contributed by atoms with Crippen LogP contribution in [0.4, 0.5) is 0 Å². The molecule has 0 aromatic heterocycles. The van der Waals surface area contributed by atoms with E-state index in [1.54, 1.807) is 0 Å². The highest BCUT2D eigenvalue weighted by Gasteiger charge is 2.13. The Kier molecular flexibility index (Phi) is 3.73. The van der Waals surface area contributed by atoms with Gasteiger partial charge < -0.3 is 0 Å². The summed E-state index contributed by atoms with van der Waals surface area (Å²) in [6.07, 6.45) is 3.04. The highest BCUT2D eigenvalue weighted by atomic mass is 14.2. The van der Waals surface area contributed by atoms with Crippen molar-refractivity contribution in [3.8, 4) is 0 Å². The zero-order chi connectivity index (χ0) is 11.5. The lowest BCUT2D eigenvalue weighted by Gasteiger charge is -2.20. The van der Waals surface area contributed by atoms with Crippen molar-refractivity contribution in [2.75, 3.05) is 0 Å². The van der Waals surface area contributed by atoms with Gasteiger partial charge >= 0.3 is 0 Å². The van der Waals surface area contributed by atoms with Crippen molar-refractivity contribution in [2.24, 2.45) is 0 Å². The van der Waals surface area contributed by atoms with Crippen LogP contribution in [0.2, 0.25) is 0 Å². The molecule has 0 fully saturated rings. The first-order chi connectivity index (χ1) is 6.95. The van der Waals surface area contributed by atoms with E-state index in [2.05, 4.69) is 58.5 Å². The van der Waals surface area contributed by atoms with Gasteiger partial charge in [0, 0.05) is 0 Å². The van der Waals surface area contributed by atoms with E-state index in [1.807, 2.05) is 6.08 Å². The molecule has 0 bridgehead atoms. The maximum atomic E-state index is 3.78. The van der Waals surface area contributed by atoms with Gasteiger partial charge in [-0.15, -0.1) is 6.58 Å². The molecule has 0 saturated carbocycles. The minimum Gasteiger partial charge on any atom is -0.103 e. The molecule has 0 saturated heterocycles. The zero-order valence-corrected chi connectivity index (χ0v) is 10.4. The lowest BCUT2D eigenvalue weighted by Crippen LogP contribution is -2.10. The number of rotatable bonds is 3. The van der Waals surface area contributed by atoms with Crippen LogP contribution in [0.5, 0.6) is 0 Å². The third-order valence-corrected chi connectivity index (χ3v) is 2.87. The van der Waals surface area contributed by atoms with Gasteiger partial charge in [-0.25, -0.2) is 0 Å². The first-order valence-electron chi connectivity index (χ1n) is 5.66. The van der Waals surface area contributed by atoms with Gasteiger partial charge in [-0.2, -0.15) is 0 Å². The largest absolute Gasteiger partial charge is 0.103 e. The van der Waals surface area contributed by atoms with Crippen molar-refractivity contribution in [3.05, 3.63) is 48.0 Å². The van der Waals surface area contributed by atoms with E-state index in [4.69, 9.17) is 0 Å². The van der Waals surface area contributed by atoms with Crippen LogP contribution in [0.3, 0.4) is 0 Å². The molecule has 0 aliphatic carbocycles. The predicted molar refractivity (Wildman–Crippen MR) is 68.4 cm³/mol. The van der Waals surface area contributed by atoms with Crippen molar-refractivity contribution in [3.63, 3.8) is 0 Å². The van der Waals surface area contributed by atoms with Gasteiger partial charge in [0.05, 0.1) is 0 Å². The van der Waals surface area contributed by atoms with Crippen LogP contribution in [0.1, 0.15) is 51.2 Å². The summed E-state index contributed by atoms with van der Waals surface area (Å²) in [7, 11) is 0. The van der Waals surface area contributed by atoms with Gasteiger partial charge in [0.1, 0.15) is 0 Å². The topological polar surface area (TPSA) is 0 Å². The number of benzene rings is 1. The van der Waals surface area contributed by atoms with Crippen molar-refractivity contribution in [1.29, 1.82) is 0 Å². The molecule has 0 aliphatic rings. The van der Waals surface area contributed by atoms with Crippen molar-refractivity contribution in [1.82, 2.24) is 0 Å². The van der Waals surface area contributed by atoms with E-state index < -0.39 is 0 Å². The molecule has 1 aromatic carbocycles. The Labute approximate surface area is 94.0 Å². The monoisotopic (exact) mass is 202 g/mol. The fourth-order valence-electron chi connectivity index (χ4n) is 1.70. The maximum absolute atomic E-state index is 3.78. The van der Waals surface area contributed by atoms with Crippen LogP contribution in [0.25, 0.3) is 0 Å². The number of hydrogen-bond acceptors (Lipinski definition) is 0. The summed E-state index contributed by atoms with van der Waals surface area (Å²) in [4.78, 5) is 0. The second-order valence-electron chi connectivity index (χ2n) is 5.30. The van der Waals surface area contributed by atoms with Gasteiger partial charge in [-0.1, -0.05) is 58.0 Å². The Bertz CT molecular complexity index is 311. The van der Waals surface area contributed by atoms with E-state index >= 15 is 0 Å². The minimum absolute atomic E-state index is 0.250. The molecule has 1 rings (SSSR count). The first-order valence-corrected chi connectivity index (χ1v) is 5.66. The minimum atomic E-state index is 0.250. The quantitative estimate of drug-likeness (QED) is 0.625. The van der Waals surface area contributed by atoms with Crippen molar-refractivity contribution >= 4 is 0 Å². The summed E-state index contributed by atoms with van der Waals surface area (Å²) < 4.78 is 0. The predicted octanol–water partition coefficient (Wildman–Crippen LogP) is 4.66. The molecular weight excluding hydrogens is 180 g/mol. The third kappa shape index (κ3) is 3.23. The molecule has 0 heterocycles. The summed E-state index contributed by atoms with van der Waals surface area (Å²) in [5.74, 6) is 0.580. The van der Waals surface area contributed by atoms with Crippen LogP contribution in [0.15, 0.2) is 36.9 Å². The standard InChI is InChI=1S/C15H22/c1-6-7-12(2)13-8-10-14(11-9-13)15(3,4)5/h6,8-12H,1,7H2,2-5H3. The Balaban J connectivity index is 2.85. The highest BCUT2D eigenvalue weighted by Crippen LogP contribution is 2.25. The first kappa shape index (κ1) is 12.0. The Hall–Kier alpha value is -1.04. The van der Waals surface area contributed by atoms with Gasteiger partial charge in [0.25, 0.3) is 0 Å². The average molecular weight is 202 g/mol. The molecule has 0 radical (unpaired) electrons. The normalized spacial score (nSPS) is 13.6. The summed E-state index contributed by atoms with van der Waals surface area (Å²) in [5.41, 5.74) is 3.06. The molecule has 0 heteroatoms. The van der Waals surface area contributed by atoms with E-state index in [1.165, 1.54) is 11.1 Å². The van der Waals surface area contributed by atoms with E-state index in [-0.39, 0.29) is 5.41 Å². The van der Waals surface area contributed by atoms with Crippen LogP contribution in [-0.2, 0) is 5.41 Å². The van der Waals surface area contributed by atoms with Gasteiger partial charge in [0.15, 0.2) is 0 Å². The lowest BCUT2D eigenvalue weighted by molar-refractivity contribution is 0.589. The van der Waals surface area contributed by atoms with Gasteiger partial charge in [-0.05, 0) is 28.9 Å².